The van der Waals surface area contributed by atoms with E-state index in [0.717, 1.165) is 41.1 Å². The quantitative estimate of drug-likeness (QED) is 0.658. The van der Waals surface area contributed by atoms with Crippen LogP contribution in [0.25, 0.3) is 22.3 Å². The minimum absolute atomic E-state index is 0.0159. The molecule has 7 nitrogen and oxygen atoms in total. The number of anilines is 1. The summed E-state index contributed by atoms with van der Waals surface area (Å²) in [7, 11) is 0. The molecule has 0 saturated carbocycles. The molecule has 2 N–H and O–H groups in total. The van der Waals surface area contributed by atoms with Crippen LogP contribution in [0, 0.1) is 11.3 Å². The second-order valence-electron chi connectivity index (χ2n) is 7.40. The number of nitriles is 1. The predicted molar refractivity (Wildman–Crippen MR) is 115 cm³/mol. The van der Waals surface area contributed by atoms with Crippen molar-refractivity contribution in [1.29, 1.82) is 5.26 Å². The second-order valence-corrected chi connectivity index (χ2v) is 7.40. The van der Waals surface area contributed by atoms with Gasteiger partial charge in [0, 0.05) is 37.7 Å². The molecular formula is C23H23N5O2. The number of carbonyl (C=O) groups is 1. The number of aliphatic hydroxyl groups excluding tert-OH is 1. The molecule has 152 valence electrons. The Balaban J connectivity index is 1.66. The molecule has 1 fully saturated rings. The van der Waals surface area contributed by atoms with E-state index in [0.29, 0.717) is 24.9 Å². The van der Waals surface area contributed by atoms with Crippen molar-refractivity contribution in [2.24, 2.45) is 0 Å². The number of para-hydroxylation sites is 2. The maximum absolute atomic E-state index is 12.0. The number of benzene rings is 2. The van der Waals surface area contributed by atoms with E-state index in [1.54, 1.807) is 6.07 Å². The van der Waals surface area contributed by atoms with Crippen LogP contribution in [0.5, 0.6) is 0 Å². The van der Waals surface area contributed by atoms with E-state index >= 15 is 0 Å². The van der Waals surface area contributed by atoms with Crippen molar-refractivity contribution in [2.75, 3.05) is 24.6 Å². The van der Waals surface area contributed by atoms with Crippen LogP contribution in [0.3, 0.4) is 0 Å². The highest BCUT2D eigenvalue weighted by molar-refractivity contribution is 5.84. The Labute approximate surface area is 175 Å². The number of nitrogens with one attached hydrogen (secondary N) is 1. The number of nitrogens with zero attached hydrogens (tertiary/aromatic N) is 4. The fourth-order valence-corrected chi connectivity index (χ4v) is 3.75. The zero-order chi connectivity index (χ0) is 20.9. The molecule has 2 heterocycles. The van der Waals surface area contributed by atoms with Crippen LogP contribution in [0.4, 0.5) is 5.82 Å². The van der Waals surface area contributed by atoms with Crippen LogP contribution < -0.4 is 10.2 Å². The Kier molecular flexibility index (Phi) is 5.87. The van der Waals surface area contributed by atoms with Crippen molar-refractivity contribution in [1.82, 2.24) is 15.3 Å². The Hall–Kier alpha value is -3.50. The molecule has 0 radical (unpaired) electrons. The van der Waals surface area contributed by atoms with Gasteiger partial charge in [0.1, 0.15) is 5.69 Å². The average molecular weight is 401 g/mol. The zero-order valence-corrected chi connectivity index (χ0v) is 16.6. The van der Waals surface area contributed by atoms with Gasteiger partial charge >= 0.3 is 0 Å². The predicted octanol–water partition coefficient (Wildman–Crippen LogP) is 2.64. The lowest BCUT2D eigenvalue weighted by Crippen LogP contribution is -2.37. The first-order valence-electron chi connectivity index (χ1n) is 10.1. The molecule has 3 aromatic rings. The summed E-state index contributed by atoms with van der Waals surface area (Å²) >= 11 is 0. The molecule has 2 aromatic carbocycles. The summed E-state index contributed by atoms with van der Waals surface area (Å²) in [4.78, 5) is 23.9. The SMILES string of the molecule is N#Cc1cccc(-c2nc3ccccc3nc2N2CCC(NC(=O)CCCO)C2)c1. The number of hydrogen-bond donors (Lipinski definition) is 2. The summed E-state index contributed by atoms with van der Waals surface area (Å²) in [5.41, 5.74) is 3.76. The van der Waals surface area contributed by atoms with E-state index in [1.165, 1.54) is 0 Å². The number of amides is 1. The van der Waals surface area contributed by atoms with Gasteiger partial charge in [0.2, 0.25) is 5.91 Å². The fourth-order valence-electron chi connectivity index (χ4n) is 3.75. The van der Waals surface area contributed by atoms with E-state index in [1.807, 2.05) is 42.5 Å². The Morgan fingerprint density at radius 2 is 2.00 bits per heavy atom. The van der Waals surface area contributed by atoms with Crippen LogP contribution >= 0.6 is 0 Å². The standard InChI is InChI=1S/C23H23N5O2/c24-14-16-5-3-6-17(13-16)22-23(27-20-8-2-1-7-19(20)26-22)28-11-10-18(15-28)25-21(30)9-4-12-29/h1-3,5-8,13,18,29H,4,9-12,15H2,(H,25,30). The highest BCUT2D eigenvalue weighted by Crippen LogP contribution is 2.32. The maximum Gasteiger partial charge on any atom is 0.220 e. The van der Waals surface area contributed by atoms with Crippen molar-refractivity contribution >= 4 is 22.8 Å². The number of fused-ring (bicyclic) bond motifs is 1. The van der Waals surface area contributed by atoms with Crippen LogP contribution in [0.2, 0.25) is 0 Å². The maximum atomic E-state index is 12.0. The molecule has 1 unspecified atom stereocenters. The molecule has 1 atom stereocenters. The van der Waals surface area contributed by atoms with E-state index in [2.05, 4.69) is 16.3 Å². The fraction of sp³-hybridized carbons (Fsp3) is 0.304. The van der Waals surface area contributed by atoms with E-state index < -0.39 is 0 Å². The number of rotatable bonds is 6. The molecule has 1 aromatic heterocycles. The minimum Gasteiger partial charge on any atom is -0.396 e. The first kappa shape index (κ1) is 19.8. The molecule has 0 aliphatic carbocycles. The Morgan fingerprint density at radius 1 is 1.20 bits per heavy atom. The molecule has 30 heavy (non-hydrogen) atoms. The van der Waals surface area contributed by atoms with Gasteiger partial charge in [-0.2, -0.15) is 5.26 Å². The van der Waals surface area contributed by atoms with Crippen molar-refractivity contribution in [3.8, 4) is 17.3 Å². The number of aliphatic hydroxyl groups is 1. The van der Waals surface area contributed by atoms with E-state index in [-0.39, 0.29) is 18.6 Å². The summed E-state index contributed by atoms with van der Waals surface area (Å²) in [6.45, 7) is 1.41. The molecule has 0 spiro atoms. The third kappa shape index (κ3) is 4.24. The second kappa shape index (κ2) is 8.89. The molecular weight excluding hydrogens is 378 g/mol. The molecule has 7 heteroatoms. The first-order valence-corrected chi connectivity index (χ1v) is 10.1. The summed E-state index contributed by atoms with van der Waals surface area (Å²) in [5, 5.41) is 21.2. The zero-order valence-electron chi connectivity index (χ0n) is 16.6. The molecule has 0 bridgehead atoms. The van der Waals surface area contributed by atoms with Crippen molar-refractivity contribution in [3.05, 3.63) is 54.1 Å². The summed E-state index contributed by atoms with van der Waals surface area (Å²) < 4.78 is 0. The summed E-state index contributed by atoms with van der Waals surface area (Å²) in [6, 6.07) is 17.3. The molecule has 1 aliphatic rings. The van der Waals surface area contributed by atoms with Crippen LogP contribution in [-0.2, 0) is 4.79 Å². The topological polar surface area (TPSA) is 102 Å². The Bertz CT molecular complexity index is 1110. The molecule has 1 saturated heterocycles. The number of aromatic nitrogens is 2. The van der Waals surface area contributed by atoms with Gasteiger partial charge in [-0.3, -0.25) is 4.79 Å². The van der Waals surface area contributed by atoms with E-state index in [9.17, 15) is 10.1 Å². The van der Waals surface area contributed by atoms with Gasteiger partial charge in [0.05, 0.1) is 22.7 Å². The normalized spacial score (nSPS) is 15.9. The number of carbonyl (C=O) groups excluding carboxylic acids is 1. The number of hydrogen-bond acceptors (Lipinski definition) is 6. The van der Waals surface area contributed by atoms with Crippen molar-refractivity contribution < 1.29 is 9.90 Å². The Morgan fingerprint density at radius 3 is 2.77 bits per heavy atom. The minimum atomic E-state index is -0.0394. The van der Waals surface area contributed by atoms with Gasteiger partial charge in [0.15, 0.2) is 5.82 Å². The van der Waals surface area contributed by atoms with Crippen LogP contribution in [0.15, 0.2) is 48.5 Å². The third-order valence-corrected chi connectivity index (χ3v) is 5.23. The largest absolute Gasteiger partial charge is 0.396 e. The van der Waals surface area contributed by atoms with Crippen LogP contribution in [0.1, 0.15) is 24.8 Å². The van der Waals surface area contributed by atoms with Gasteiger partial charge in [-0.05, 0) is 37.1 Å². The summed E-state index contributed by atoms with van der Waals surface area (Å²) in [5.74, 6) is 0.721. The third-order valence-electron chi connectivity index (χ3n) is 5.23. The average Bonchev–Trinajstić information content (AvgIpc) is 3.25. The lowest BCUT2D eigenvalue weighted by molar-refractivity contribution is -0.121. The van der Waals surface area contributed by atoms with Gasteiger partial charge in [-0.15, -0.1) is 0 Å². The molecule has 4 rings (SSSR count). The first-order chi connectivity index (χ1) is 14.7. The molecule has 1 amide bonds. The smallest absolute Gasteiger partial charge is 0.220 e. The molecule has 1 aliphatic heterocycles. The van der Waals surface area contributed by atoms with Gasteiger partial charge in [-0.1, -0.05) is 24.3 Å². The highest BCUT2D eigenvalue weighted by Gasteiger charge is 2.27. The summed E-state index contributed by atoms with van der Waals surface area (Å²) in [6.07, 6.45) is 1.61. The van der Waals surface area contributed by atoms with Gasteiger partial charge in [0.25, 0.3) is 0 Å². The van der Waals surface area contributed by atoms with Crippen molar-refractivity contribution in [2.45, 2.75) is 25.3 Å². The van der Waals surface area contributed by atoms with Crippen LogP contribution in [-0.4, -0.2) is 46.7 Å². The van der Waals surface area contributed by atoms with Gasteiger partial charge in [-0.25, -0.2) is 9.97 Å². The van der Waals surface area contributed by atoms with Gasteiger partial charge < -0.3 is 15.3 Å². The highest BCUT2D eigenvalue weighted by atomic mass is 16.3. The lowest BCUT2D eigenvalue weighted by atomic mass is 10.1. The monoisotopic (exact) mass is 401 g/mol. The van der Waals surface area contributed by atoms with Crippen molar-refractivity contribution in [3.63, 3.8) is 0 Å². The van der Waals surface area contributed by atoms with E-state index in [4.69, 9.17) is 15.1 Å². The lowest BCUT2D eigenvalue weighted by Gasteiger charge is -2.21.